The van der Waals surface area contributed by atoms with Crippen LogP contribution in [0.3, 0.4) is 0 Å². The number of hydrogen-bond acceptors (Lipinski definition) is 4. The summed E-state index contributed by atoms with van der Waals surface area (Å²) in [5.41, 5.74) is -0.586. The number of thioether (sulfide) groups is 1. The van der Waals surface area contributed by atoms with Crippen LogP contribution in [0.2, 0.25) is 0 Å². The third-order valence-corrected chi connectivity index (χ3v) is 4.12. The summed E-state index contributed by atoms with van der Waals surface area (Å²) in [7, 11) is 1.44. The van der Waals surface area contributed by atoms with Crippen LogP contribution in [0.1, 0.15) is 41.0 Å². The molecule has 0 aromatic rings. The summed E-state index contributed by atoms with van der Waals surface area (Å²) in [6.07, 6.45) is 1.11. The summed E-state index contributed by atoms with van der Waals surface area (Å²) in [5.74, 6) is 0.560. The van der Waals surface area contributed by atoms with Crippen LogP contribution in [0.5, 0.6) is 0 Å². The van der Waals surface area contributed by atoms with Gasteiger partial charge in [-0.2, -0.15) is 11.8 Å². The van der Waals surface area contributed by atoms with E-state index in [1.165, 1.54) is 7.11 Å². The van der Waals surface area contributed by atoms with E-state index in [4.69, 9.17) is 4.74 Å². The molecular formula is C12H25NO2S. The lowest BCUT2D eigenvalue weighted by Crippen LogP contribution is -2.55. The second kappa shape index (κ2) is 7.17. The Morgan fingerprint density at radius 2 is 2.00 bits per heavy atom. The Labute approximate surface area is 104 Å². The second-order valence-corrected chi connectivity index (χ2v) is 6.08. The topological polar surface area (TPSA) is 38.3 Å². The van der Waals surface area contributed by atoms with E-state index in [0.717, 1.165) is 12.2 Å². The van der Waals surface area contributed by atoms with Crippen molar-refractivity contribution in [3.8, 4) is 0 Å². The lowest BCUT2D eigenvalue weighted by molar-refractivity contribution is -0.147. The minimum atomic E-state index is -0.586. The van der Waals surface area contributed by atoms with Gasteiger partial charge in [0, 0.05) is 17.0 Å². The van der Waals surface area contributed by atoms with Crippen molar-refractivity contribution < 1.29 is 9.53 Å². The summed E-state index contributed by atoms with van der Waals surface area (Å²) in [6, 6.07) is 0.265. The molecule has 0 fully saturated rings. The third kappa shape index (κ3) is 5.21. The van der Waals surface area contributed by atoms with Crippen LogP contribution in [0.4, 0.5) is 0 Å². The van der Waals surface area contributed by atoms with E-state index in [2.05, 4.69) is 19.2 Å². The van der Waals surface area contributed by atoms with Crippen molar-refractivity contribution in [2.45, 2.75) is 57.9 Å². The lowest BCUT2D eigenvalue weighted by atomic mass is 10.0. The van der Waals surface area contributed by atoms with Crippen molar-refractivity contribution in [1.82, 2.24) is 5.32 Å². The number of rotatable bonds is 7. The van der Waals surface area contributed by atoms with Gasteiger partial charge >= 0.3 is 5.97 Å². The summed E-state index contributed by atoms with van der Waals surface area (Å²) >= 11 is 1.81. The van der Waals surface area contributed by atoms with Crippen molar-refractivity contribution in [3.63, 3.8) is 0 Å². The molecule has 0 saturated heterocycles. The minimum Gasteiger partial charge on any atom is -0.468 e. The number of hydrogen-bond donors (Lipinski definition) is 1. The maximum absolute atomic E-state index is 11.8. The number of nitrogens with one attached hydrogen (secondary N) is 1. The molecule has 0 rings (SSSR count). The van der Waals surface area contributed by atoms with Gasteiger partial charge in [-0.05, 0) is 27.2 Å². The van der Waals surface area contributed by atoms with E-state index in [-0.39, 0.29) is 12.0 Å². The van der Waals surface area contributed by atoms with E-state index in [9.17, 15) is 4.79 Å². The molecule has 2 atom stereocenters. The molecule has 0 aliphatic carbocycles. The molecule has 0 radical (unpaired) electrons. The maximum Gasteiger partial charge on any atom is 0.326 e. The van der Waals surface area contributed by atoms with Crippen LogP contribution < -0.4 is 5.32 Å². The summed E-state index contributed by atoms with van der Waals surface area (Å²) in [4.78, 5) is 11.8. The number of ether oxygens (including phenoxy) is 1. The van der Waals surface area contributed by atoms with Gasteiger partial charge in [-0.1, -0.05) is 13.8 Å². The first-order chi connectivity index (χ1) is 7.35. The highest BCUT2D eigenvalue weighted by molar-refractivity contribution is 7.99. The molecule has 4 heteroatoms. The molecule has 0 aliphatic heterocycles. The number of carbonyl (C=O) groups excluding carboxylic acids is 1. The molecule has 0 aromatic carbocycles. The molecule has 16 heavy (non-hydrogen) atoms. The smallest absolute Gasteiger partial charge is 0.326 e. The van der Waals surface area contributed by atoms with Crippen LogP contribution in [0.25, 0.3) is 0 Å². The zero-order chi connectivity index (χ0) is 12.8. The minimum absolute atomic E-state index is 0.183. The zero-order valence-electron chi connectivity index (χ0n) is 11.3. The summed E-state index contributed by atoms with van der Waals surface area (Å²) in [6.45, 7) is 10.3. The van der Waals surface area contributed by atoms with Gasteiger partial charge in [-0.25, -0.2) is 0 Å². The van der Waals surface area contributed by atoms with Gasteiger partial charge in [0.1, 0.15) is 5.54 Å². The largest absolute Gasteiger partial charge is 0.468 e. The highest BCUT2D eigenvalue weighted by atomic mass is 32.2. The van der Waals surface area contributed by atoms with Crippen LogP contribution in [0.15, 0.2) is 0 Å². The van der Waals surface area contributed by atoms with Crippen molar-refractivity contribution in [2.24, 2.45) is 0 Å². The molecular weight excluding hydrogens is 222 g/mol. The highest BCUT2D eigenvalue weighted by Gasteiger charge is 2.35. The first kappa shape index (κ1) is 15.8. The molecule has 1 N–H and O–H groups in total. The van der Waals surface area contributed by atoms with E-state index in [1.807, 2.05) is 20.8 Å². The Balaban J connectivity index is 4.47. The average molecular weight is 247 g/mol. The monoisotopic (exact) mass is 247 g/mol. The fourth-order valence-electron chi connectivity index (χ4n) is 1.45. The van der Waals surface area contributed by atoms with Gasteiger partial charge in [-0.15, -0.1) is 0 Å². The standard InChI is InChI=1S/C12H25NO2S/c1-7-10(4)16-8-12(5,11(14)15-6)13-9(2)3/h9-10,13H,7-8H2,1-6H3. The normalized spacial score (nSPS) is 16.9. The van der Waals surface area contributed by atoms with Crippen molar-refractivity contribution in [3.05, 3.63) is 0 Å². The number of esters is 1. The van der Waals surface area contributed by atoms with Crippen LogP contribution in [0, 0.1) is 0 Å². The first-order valence-electron chi connectivity index (χ1n) is 5.83. The van der Waals surface area contributed by atoms with Gasteiger partial charge in [0.05, 0.1) is 7.11 Å². The molecule has 0 saturated carbocycles. The average Bonchev–Trinajstić information content (AvgIpc) is 2.23. The number of methoxy groups -OCH3 is 1. The van der Waals surface area contributed by atoms with Gasteiger partial charge in [0.25, 0.3) is 0 Å². The van der Waals surface area contributed by atoms with Crippen molar-refractivity contribution >= 4 is 17.7 Å². The van der Waals surface area contributed by atoms with E-state index in [0.29, 0.717) is 5.25 Å². The highest BCUT2D eigenvalue weighted by Crippen LogP contribution is 2.21. The second-order valence-electron chi connectivity index (χ2n) is 4.65. The van der Waals surface area contributed by atoms with Gasteiger partial charge in [0.2, 0.25) is 0 Å². The van der Waals surface area contributed by atoms with Gasteiger partial charge in [-0.3, -0.25) is 10.1 Å². The predicted molar refractivity (Wildman–Crippen MR) is 70.9 cm³/mol. The van der Waals surface area contributed by atoms with E-state index < -0.39 is 5.54 Å². The fourth-order valence-corrected chi connectivity index (χ4v) is 2.50. The Morgan fingerprint density at radius 1 is 1.44 bits per heavy atom. The Bertz CT molecular complexity index is 221. The van der Waals surface area contributed by atoms with Gasteiger partial charge in [0.15, 0.2) is 0 Å². The lowest BCUT2D eigenvalue weighted by Gasteiger charge is -2.30. The molecule has 0 spiro atoms. The quantitative estimate of drug-likeness (QED) is 0.701. The zero-order valence-corrected chi connectivity index (χ0v) is 12.1. The first-order valence-corrected chi connectivity index (χ1v) is 6.88. The molecule has 96 valence electrons. The van der Waals surface area contributed by atoms with Crippen LogP contribution in [-0.4, -0.2) is 35.7 Å². The Hall–Kier alpha value is -0.220. The molecule has 0 amide bonds. The van der Waals surface area contributed by atoms with Crippen molar-refractivity contribution in [2.75, 3.05) is 12.9 Å². The molecule has 0 bridgehead atoms. The third-order valence-electron chi connectivity index (χ3n) is 2.47. The maximum atomic E-state index is 11.8. The van der Waals surface area contributed by atoms with Gasteiger partial charge < -0.3 is 4.74 Å². The predicted octanol–water partition coefficient (Wildman–Crippen LogP) is 2.45. The Kier molecular flexibility index (Phi) is 7.07. The molecule has 2 unspecified atom stereocenters. The summed E-state index contributed by atoms with van der Waals surface area (Å²) in [5, 5.41) is 3.86. The molecule has 3 nitrogen and oxygen atoms in total. The van der Waals surface area contributed by atoms with E-state index >= 15 is 0 Å². The fraction of sp³-hybridized carbons (Fsp3) is 0.917. The van der Waals surface area contributed by atoms with Crippen molar-refractivity contribution in [1.29, 1.82) is 0 Å². The van der Waals surface area contributed by atoms with Crippen LogP contribution in [-0.2, 0) is 9.53 Å². The van der Waals surface area contributed by atoms with Crippen LogP contribution >= 0.6 is 11.8 Å². The molecule has 0 aromatic heterocycles. The van der Waals surface area contributed by atoms with E-state index in [1.54, 1.807) is 11.8 Å². The number of carbonyl (C=O) groups is 1. The molecule has 0 heterocycles. The Morgan fingerprint density at radius 3 is 2.38 bits per heavy atom. The SMILES string of the molecule is CCC(C)SCC(C)(NC(C)C)C(=O)OC. The molecule has 0 aliphatic rings. The summed E-state index contributed by atoms with van der Waals surface area (Å²) < 4.78 is 4.87.